The van der Waals surface area contributed by atoms with Gasteiger partial charge in [-0.25, -0.2) is 0 Å². The largest absolute Gasteiger partial charge is 0.495 e. The molecule has 5 nitrogen and oxygen atoms in total. The lowest BCUT2D eigenvalue weighted by Gasteiger charge is -2.19. The second kappa shape index (κ2) is 7.30. The molecule has 1 N–H and O–H groups in total. The van der Waals surface area contributed by atoms with Gasteiger partial charge in [-0.15, -0.1) is 0 Å². The van der Waals surface area contributed by atoms with Crippen molar-refractivity contribution in [3.63, 3.8) is 0 Å². The van der Waals surface area contributed by atoms with Gasteiger partial charge in [0.1, 0.15) is 5.75 Å². The number of para-hydroxylation sites is 3. The first-order valence-electron chi connectivity index (χ1n) is 8.21. The minimum absolute atomic E-state index is 0.0687. The molecule has 0 spiro atoms. The van der Waals surface area contributed by atoms with Gasteiger partial charge in [0.2, 0.25) is 11.8 Å². The first kappa shape index (κ1) is 18.8. The molecule has 1 saturated heterocycles. The zero-order valence-electron chi connectivity index (χ0n) is 14.4. The fourth-order valence-electron chi connectivity index (χ4n) is 3.04. The molecule has 0 aliphatic carbocycles. The van der Waals surface area contributed by atoms with Gasteiger partial charge in [-0.2, -0.15) is 13.2 Å². The SMILES string of the molecule is COc1ccccc1N1CC(C(=O)Nc2ccccc2C(F)(F)F)CC1=O. The number of rotatable bonds is 4. The van der Waals surface area contributed by atoms with Crippen LogP contribution in [0.25, 0.3) is 0 Å². The van der Waals surface area contributed by atoms with Gasteiger partial charge in [-0.3, -0.25) is 9.59 Å². The van der Waals surface area contributed by atoms with E-state index in [9.17, 15) is 22.8 Å². The normalized spacial score (nSPS) is 17.1. The summed E-state index contributed by atoms with van der Waals surface area (Å²) in [6.45, 7) is 0.0687. The summed E-state index contributed by atoms with van der Waals surface area (Å²) in [5, 5.41) is 2.31. The quantitative estimate of drug-likeness (QED) is 0.883. The van der Waals surface area contributed by atoms with Crippen molar-refractivity contribution in [1.29, 1.82) is 0 Å². The summed E-state index contributed by atoms with van der Waals surface area (Å²) in [5.41, 5.74) is -0.724. The number of methoxy groups -OCH3 is 1. The molecule has 27 heavy (non-hydrogen) atoms. The van der Waals surface area contributed by atoms with Gasteiger partial charge in [-0.05, 0) is 24.3 Å². The van der Waals surface area contributed by atoms with Gasteiger partial charge in [0.15, 0.2) is 0 Å². The Morgan fingerprint density at radius 1 is 1.15 bits per heavy atom. The lowest BCUT2D eigenvalue weighted by atomic mass is 10.1. The monoisotopic (exact) mass is 378 g/mol. The van der Waals surface area contributed by atoms with E-state index in [2.05, 4.69) is 5.32 Å². The van der Waals surface area contributed by atoms with Crippen LogP contribution in [-0.4, -0.2) is 25.5 Å². The molecule has 2 aromatic rings. The van der Waals surface area contributed by atoms with Gasteiger partial charge in [0, 0.05) is 13.0 Å². The van der Waals surface area contributed by atoms with E-state index in [0.29, 0.717) is 11.4 Å². The van der Waals surface area contributed by atoms with E-state index < -0.39 is 23.6 Å². The number of anilines is 2. The first-order chi connectivity index (χ1) is 12.8. The highest BCUT2D eigenvalue weighted by atomic mass is 19.4. The average Bonchev–Trinajstić information content (AvgIpc) is 3.03. The molecule has 1 unspecified atom stereocenters. The number of carbonyl (C=O) groups excluding carboxylic acids is 2. The fraction of sp³-hybridized carbons (Fsp3) is 0.263. The van der Waals surface area contributed by atoms with Crippen LogP contribution in [0.1, 0.15) is 12.0 Å². The smallest absolute Gasteiger partial charge is 0.418 e. The fourth-order valence-corrected chi connectivity index (χ4v) is 3.04. The Hall–Kier alpha value is -3.03. The molecule has 0 radical (unpaired) electrons. The van der Waals surface area contributed by atoms with Crippen LogP contribution in [0.2, 0.25) is 0 Å². The molecule has 0 saturated carbocycles. The Morgan fingerprint density at radius 2 is 1.81 bits per heavy atom. The number of benzene rings is 2. The van der Waals surface area contributed by atoms with Crippen LogP contribution in [0.3, 0.4) is 0 Å². The van der Waals surface area contributed by atoms with Crippen molar-refractivity contribution in [2.45, 2.75) is 12.6 Å². The van der Waals surface area contributed by atoms with Gasteiger partial charge >= 0.3 is 6.18 Å². The Bertz CT molecular complexity index is 867. The van der Waals surface area contributed by atoms with E-state index in [1.165, 1.54) is 30.2 Å². The Kier molecular flexibility index (Phi) is 5.07. The van der Waals surface area contributed by atoms with E-state index in [1.807, 2.05) is 0 Å². The zero-order chi connectivity index (χ0) is 19.6. The highest BCUT2D eigenvalue weighted by Gasteiger charge is 2.38. The van der Waals surface area contributed by atoms with Crippen molar-refractivity contribution in [2.24, 2.45) is 5.92 Å². The predicted octanol–water partition coefficient (Wildman–Crippen LogP) is 3.71. The molecule has 1 fully saturated rings. The van der Waals surface area contributed by atoms with Gasteiger partial charge in [0.05, 0.1) is 30.0 Å². The van der Waals surface area contributed by atoms with Crippen molar-refractivity contribution >= 4 is 23.2 Å². The number of hydrogen-bond donors (Lipinski definition) is 1. The lowest BCUT2D eigenvalue weighted by molar-refractivity contribution is -0.137. The molecule has 1 heterocycles. The Labute approximate surface area is 153 Å². The van der Waals surface area contributed by atoms with Crippen LogP contribution in [0.5, 0.6) is 5.75 Å². The molecule has 8 heteroatoms. The summed E-state index contributed by atoms with van der Waals surface area (Å²) < 4.78 is 44.5. The van der Waals surface area contributed by atoms with E-state index in [4.69, 9.17) is 4.74 Å². The van der Waals surface area contributed by atoms with Crippen LogP contribution >= 0.6 is 0 Å². The topological polar surface area (TPSA) is 58.6 Å². The molecule has 2 amide bonds. The van der Waals surface area contributed by atoms with Gasteiger partial charge in [-0.1, -0.05) is 24.3 Å². The number of carbonyl (C=O) groups is 2. The average molecular weight is 378 g/mol. The maximum atomic E-state index is 13.1. The maximum absolute atomic E-state index is 13.1. The Morgan fingerprint density at radius 3 is 2.52 bits per heavy atom. The summed E-state index contributed by atoms with van der Waals surface area (Å²) in [4.78, 5) is 26.2. The third-order valence-corrected chi connectivity index (χ3v) is 4.36. The van der Waals surface area contributed by atoms with E-state index >= 15 is 0 Å². The number of ether oxygens (including phenoxy) is 1. The third kappa shape index (κ3) is 3.89. The number of nitrogens with zero attached hydrogens (tertiary/aromatic N) is 1. The standard InChI is InChI=1S/C19H17F3N2O3/c1-27-16-9-5-4-8-15(16)24-11-12(10-17(24)25)18(26)23-14-7-3-2-6-13(14)19(20,21)22/h2-9,12H,10-11H2,1H3,(H,23,26). The predicted molar refractivity (Wildman–Crippen MR) is 93.5 cm³/mol. The number of alkyl halides is 3. The van der Waals surface area contributed by atoms with Crippen LogP contribution in [0.15, 0.2) is 48.5 Å². The number of nitrogens with one attached hydrogen (secondary N) is 1. The summed E-state index contributed by atoms with van der Waals surface area (Å²) in [7, 11) is 1.47. The number of amides is 2. The second-order valence-corrected chi connectivity index (χ2v) is 6.11. The molecule has 142 valence electrons. The molecule has 2 aromatic carbocycles. The zero-order valence-corrected chi connectivity index (χ0v) is 14.4. The molecular formula is C19H17F3N2O3. The van der Waals surface area contributed by atoms with Crippen molar-refractivity contribution in [2.75, 3.05) is 23.9 Å². The van der Waals surface area contributed by atoms with Crippen LogP contribution < -0.4 is 15.0 Å². The third-order valence-electron chi connectivity index (χ3n) is 4.36. The van der Waals surface area contributed by atoms with Gasteiger partial charge < -0.3 is 15.0 Å². The second-order valence-electron chi connectivity index (χ2n) is 6.11. The van der Waals surface area contributed by atoms with Crippen LogP contribution in [0.4, 0.5) is 24.5 Å². The summed E-state index contributed by atoms with van der Waals surface area (Å²) in [5.74, 6) is -1.20. The van der Waals surface area contributed by atoms with E-state index in [-0.39, 0.29) is 24.6 Å². The highest BCUT2D eigenvalue weighted by Crippen LogP contribution is 2.36. The molecule has 1 aliphatic heterocycles. The summed E-state index contributed by atoms with van der Waals surface area (Å²) >= 11 is 0. The first-order valence-corrected chi connectivity index (χ1v) is 8.21. The van der Waals surface area contributed by atoms with Gasteiger partial charge in [0.25, 0.3) is 0 Å². The van der Waals surface area contributed by atoms with E-state index in [1.54, 1.807) is 24.3 Å². The maximum Gasteiger partial charge on any atom is 0.418 e. The van der Waals surface area contributed by atoms with Crippen LogP contribution in [-0.2, 0) is 15.8 Å². The Balaban J connectivity index is 1.78. The van der Waals surface area contributed by atoms with Crippen molar-refractivity contribution < 1.29 is 27.5 Å². The van der Waals surface area contributed by atoms with Crippen molar-refractivity contribution in [3.05, 3.63) is 54.1 Å². The molecule has 0 bridgehead atoms. The molecule has 1 aliphatic rings. The van der Waals surface area contributed by atoms with Crippen molar-refractivity contribution in [1.82, 2.24) is 0 Å². The van der Waals surface area contributed by atoms with Crippen LogP contribution in [0, 0.1) is 5.92 Å². The van der Waals surface area contributed by atoms with Crippen molar-refractivity contribution in [3.8, 4) is 5.75 Å². The summed E-state index contributed by atoms with van der Waals surface area (Å²) in [6.07, 6.45) is -4.67. The molecule has 3 rings (SSSR count). The summed E-state index contributed by atoms with van der Waals surface area (Å²) in [6, 6.07) is 11.6. The molecule has 0 aromatic heterocycles. The lowest BCUT2D eigenvalue weighted by Crippen LogP contribution is -2.29. The molecule has 1 atom stereocenters. The minimum atomic E-state index is -4.58. The molecular weight excluding hydrogens is 361 g/mol. The number of hydrogen-bond acceptors (Lipinski definition) is 3. The highest BCUT2D eigenvalue weighted by molar-refractivity contribution is 6.04. The minimum Gasteiger partial charge on any atom is -0.495 e. The van der Waals surface area contributed by atoms with E-state index in [0.717, 1.165) is 6.07 Å². The number of halogens is 3.